The number of aryl methyl sites for hydroxylation is 2. The Hall–Kier alpha value is -2.06. The van der Waals surface area contributed by atoms with Crippen LogP contribution in [0.15, 0.2) is 23.2 Å². The lowest BCUT2D eigenvalue weighted by Gasteiger charge is -2.37. The summed E-state index contributed by atoms with van der Waals surface area (Å²) >= 11 is 0. The van der Waals surface area contributed by atoms with E-state index in [-0.39, 0.29) is 17.4 Å². The molecule has 1 aromatic rings. The van der Waals surface area contributed by atoms with Crippen LogP contribution >= 0.6 is 0 Å². The second kappa shape index (κ2) is 10.6. The summed E-state index contributed by atoms with van der Waals surface area (Å²) in [6.45, 7) is 11.1. The van der Waals surface area contributed by atoms with Crippen LogP contribution in [0, 0.1) is 24.2 Å². The third-order valence-electron chi connectivity index (χ3n) is 8.77. The zero-order valence-electron chi connectivity index (χ0n) is 23.1. The molecule has 37 heavy (non-hydrogen) atoms. The minimum atomic E-state index is -3.45. The first kappa shape index (κ1) is 28.0. The summed E-state index contributed by atoms with van der Waals surface area (Å²) in [6, 6.07) is 5.81. The number of Topliss-reactive ketones (excluding diaryl/α,β-unsaturated/α-hetero) is 1. The number of rotatable bonds is 7. The van der Waals surface area contributed by atoms with Crippen molar-refractivity contribution in [3.8, 4) is 0 Å². The topological polar surface area (TPSA) is 95.9 Å². The van der Waals surface area contributed by atoms with Crippen molar-refractivity contribution in [2.24, 2.45) is 22.2 Å². The van der Waals surface area contributed by atoms with E-state index >= 15 is 0 Å². The largest absolute Gasteiger partial charge is 0.312 e. The van der Waals surface area contributed by atoms with Gasteiger partial charge in [0.15, 0.2) is 0 Å². The molecule has 0 radical (unpaired) electrons. The van der Waals surface area contributed by atoms with Gasteiger partial charge in [-0.2, -0.15) is 0 Å². The van der Waals surface area contributed by atoms with E-state index in [1.54, 1.807) is 6.92 Å². The van der Waals surface area contributed by atoms with Crippen molar-refractivity contribution in [1.29, 1.82) is 0 Å². The first-order valence-corrected chi connectivity index (χ1v) is 15.4. The van der Waals surface area contributed by atoms with E-state index in [2.05, 4.69) is 26.1 Å². The zero-order chi connectivity index (χ0) is 27.0. The van der Waals surface area contributed by atoms with E-state index in [4.69, 9.17) is 4.99 Å². The summed E-state index contributed by atoms with van der Waals surface area (Å²) in [5, 5.41) is 3.08. The third-order valence-corrected chi connectivity index (χ3v) is 10.6. The maximum absolute atomic E-state index is 13.1. The molecule has 2 heterocycles. The molecular formula is C29H43N3O4S. The van der Waals surface area contributed by atoms with Crippen LogP contribution in [0.3, 0.4) is 0 Å². The molecule has 0 aromatic heterocycles. The van der Waals surface area contributed by atoms with Crippen LogP contribution in [0.1, 0.15) is 82.9 Å². The molecule has 1 aliphatic carbocycles. The van der Waals surface area contributed by atoms with Crippen molar-refractivity contribution in [2.75, 3.05) is 18.8 Å². The van der Waals surface area contributed by atoms with Gasteiger partial charge in [-0.15, -0.1) is 0 Å². The summed E-state index contributed by atoms with van der Waals surface area (Å²) in [5.74, 6) is 1.92. The number of amidine groups is 1. The number of hydrogen-bond donors (Lipinski definition) is 1. The minimum absolute atomic E-state index is 0.0324. The van der Waals surface area contributed by atoms with Crippen LogP contribution in [-0.2, 0) is 32.5 Å². The Morgan fingerprint density at radius 2 is 1.78 bits per heavy atom. The van der Waals surface area contributed by atoms with Gasteiger partial charge in [-0.3, -0.25) is 14.6 Å². The molecule has 1 saturated carbocycles. The van der Waals surface area contributed by atoms with Gasteiger partial charge in [0.2, 0.25) is 10.0 Å². The molecule has 3 aliphatic rings. The van der Waals surface area contributed by atoms with Crippen molar-refractivity contribution >= 4 is 27.5 Å². The quantitative estimate of drug-likeness (QED) is 0.572. The van der Waals surface area contributed by atoms with Crippen molar-refractivity contribution < 1.29 is 18.0 Å². The number of piperidine rings is 1. The van der Waals surface area contributed by atoms with Gasteiger partial charge in [0.05, 0.1) is 5.75 Å². The van der Waals surface area contributed by atoms with E-state index in [0.717, 1.165) is 48.2 Å². The molecule has 2 fully saturated rings. The van der Waals surface area contributed by atoms with Gasteiger partial charge < -0.3 is 5.32 Å². The SMILES string of the molecule is CC(=O)Cc1ccc(CCS(=O)(=O)N2CCC3(CC2)N=C(C2CCC(C(C)(C)C)CC2)NC3=O)c(C)c1. The number of aliphatic imine (C=N–C) groups is 1. The highest BCUT2D eigenvalue weighted by molar-refractivity contribution is 7.89. The van der Waals surface area contributed by atoms with Crippen molar-refractivity contribution in [1.82, 2.24) is 9.62 Å². The number of hydrogen-bond acceptors (Lipinski definition) is 5. The summed E-state index contributed by atoms with van der Waals surface area (Å²) in [5.41, 5.74) is 2.44. The van der Waals surface area contributed by atoms with Crippen LogP contribution < -0.4 is 5.32 Å². The summed E-state index contributed by atoms with van der Waals surface area (Å²) in [7, 11) is -3.45. The molecule has 2 aliphatic heterocycles. The van der Waals surface area contributed by atoms with Gasteiger partial charge in [0.1, 0.15) is 17.2 Å². The van der Waals surface area contributed by atoms with E-state index in [1.165, 1.54) is 4.31 Å². The number of nitrogens with one attached hydrogen (secondary N) is 1. The standard InChI is InChI=1S/C29H43N3O4S/c1-20-18-22(19-21(2)33)6-7-23(20)12-17-37(35,36)32-15-13-29(14-16-32)27(34)30-26(31-29)24-8-10-25(11-9-24)28(3,4)5/h6-7,18,24-25H,8-17,19H2,1-5H3,(H,30,31,34). The number of ketones is 1. The highest BCUT2D eigenvalue weighted by atomic mass is 32.2. The van der Waals surface area contributed by atoms with E-state index < -0.39 is 15.6 Å². The molecule has 4 rings (SSSR count). The molecule has 1 saturated heterocycles. The first-order valence-electron chi connectivity index (χ1n) is 13.8. The van der Waals surface area contributed by atoms with E-state index in [9.17, 15) is 18.0 Å². The Labute approximate surface area is 222 Å². The number of carbonyl (C=O) groups is 2. The van der Waals surface area contributed by atoms with E-state index in [0.29, 0.717) is 56.0 Å². The minimum Gasteiger partial charge on any atom is -0.312 e. The van der Waals surface area contributed by atoms with Gasteiger partial charge in [0.25, 0.3) is 5.91 Å². The smallest absolute Gasteiger partial charge is 0.253 e. The monoisotopic (exact) mass is 529 g/mol. The molecule has 0 bridgehead atoms. The molecule has 0 unspecified atom stereocenters. The van der Waals surface area contributed by atoms with E-state index in [1.807, 2.05) is 25.1 Å². The zero-order valence-corrected chi connectivity index (χ0v) is 23.9. The Bertz CT molecular complexity index is 1170. The average Bonchev–Trinajstić information content (AvgIpc) is 3.13. The number of carbonyl (C=O) groups excluding carboxylic acids is 2. The fourth-order valence-corrected chi connectivity index (χ4v) is 7.72. The summed E-state index contributed by atoms with van der Waals surface area (Å²) < 4.78 is 27.8. The van der Waals surface area contributed by atoms with Crippen LogP contribution in [-0.4, -0.2) is 54.6 Å². The first-order chi connectivity index (χ1) is 17.3. The number of amides is 1. The fourth-order valence-electron chi connectivity index (χ4n) is 6.25. The Kier molecular flexibility index (Phi) is 8.01. The molecule has 7 nitrogen and oxygen atoms in total. The molecule has 0 atom stereocenters. The maximum Gasteiger partial charge on any atom is 0.253 e. The van der Waals surface area contributed by atoms with Gasteiger partial charge >= 0.3 is 0 Å². The average molecular weight is 530 g/mol. The van der Waals surface area contributed by atoms with Gasteiger partial charge in [-0.05, 0) is 86.8 Å². The van der Waals surface area contributed by atoms with Gasteiger partial charge in [0, 0.05) is 25.4 Å². The molecule has 8 heteroatoms. The lowest BCUT2D eigenvalue weighted by Crippen LogP contribution is -2.51. The highest BCUT2D eigenvalue weighted by Crippen LogP contribution is 2.41. The molecule has 204 valence electrons. The summed E-state index contributed by atoms with van der Waals surface area (Å²) in [4.78, 5) is 29.3. The number of nitrogens with zero attached hydrogens (tertiary/aromatic N) is 2. The Morgan fingerprint density at radius 1 is 1.14 bits per heavy atom. The molecule has 1 N–H and O–H groups in total. The predicted molar refractivity (Wildman–Crippen MR) is 147 cm³/mol. The second-order valence-electron chi connectivity index (χ2n) is 12.5. The Balaban J connectivity index is 1.34. The molecular weight excluding hydrogens is 486 g/mol. The maximum atomic E-state index is 13.1. The Morgan fingerprint density at radius 3 is 2.35 bits per heavy atom. The van der Waals surface area contributed by atoms with Crippen molar-refractivity contribution in [3.05, 3.63) is 34.9 Å². The normalized spacial score (nSPS) is 24.7. The lowest BCUT2D eigenvalue weighted by molar-refractivity contribution is -0.125. The molecule has 1 amide bonds. The second-order valence-corrected chi connectivity index (χ2v) is 14.6. The van der Waals surface area contributed by atoms with Crippen molar-refractivity contribution in [3.63, 3.8) is 0 Å². The number of benzene rings is 1. The third kappa shape index (κ3) is 6.33. The molecule has 1 aromatic carbocycles. The van der Waals surface area contributed by atoms with Crippen LogP contribution in [0.25, 0.3) is 0 Å². The van der Waals surface area contributed by atoms with Gasteiger partial charge in [-0.25, -0.2) is 12.7 Å². The fraction of sp³-hybridized carbons (Fsp3) is 0.690. The lowest BCUT2D eigenvalue weighted by atomic mass is 9.69. The molecule has 1 spiro atoms. The predicted octanol–water partition coefficient (Wildman–Crippen LogP) is 4.21. The van der Waals surface area contributed by atoms with Crippen LogP contribution in [0.5, 0.6) is 0 Å². The van der Waals surface area contributed by atoms with Crippen LogP contribution in [0.2, 0.25) is 0 Å². The number of sulfonamides is 1. The van der Waals surface area contributed by atoms with Crippen molar-refractivity contribution in [2.45, 2.75) is 91.5 Å². The summed E-state index contributed by atoms with van der Waals surface area (Å²) in [6.07, 6.45) is 6.08. The van der Waals surface area contributed by atoms with Crippen LogP contribution in [0.4, 0.5) is 0 Å². The van der Waals surface area contributed by atoms with Gasteiger partial charge in [-0.1, -0.05) is 39.0 Å². The highest BCUT2D eigenvalue weighted by Gasteiger charge is 2.48.